The Morgan fingerprint density at radius 1 is 1.07 bits per heavy atom. The number of pyridine rings is 1. The lowest BCUT2D eigenvalue weighted by molar-refractivity contribution is -0.142. The molecule has 0 aliphatic carbocycles. The lowest BCUT2D eigenvalue weighted by Gasteiger charge is -2.08. The first-order valence-corrected chi connectivity index (χ1v) is 10.3. The predicted molar refractivity (Wildman–Crippen MR) is 102 cm³/mol. The van der Waals surface area contributed by atoms with Crippen LogP contribution in [0, 0.1) is 0 Å². The molecule has 1 N–H and O–H groups in total. The van der Waals surface area contributed by atoms with Crippen LogP contribution in [0.4, 0.5) is 0 Å². The summed E-state index contributed by atoms with van der Waals surface area (Å²) in [4.78, 5) is 26.8. The Bertz CT molecular complexity index is 882. The van der Waals surface area contributed by atoms with Gasteiger partial charge in [-0.1, -0.05) is 30.3 Å². The van der Waals surface area contributed by atoms with Gasteiger partial charge in [0, 0.05) is 19.7 Å². The van der Waals surface area contributed by atoms with Crippen molar-refractivity contribution in [2.24, 2.45) is 0 Å². The number of aromatic nitrogens is 1. The monoisotopic (exact) mass is 406 g/mol. The maximum absolute atomic E-state index is 12.1. The summed E-state index contributed by atoms with van der Waals surface area (Å²) in [7, 11) is -3.78. The SMILES string of the molecule is CC(=O)OCc1ccc(C(=O)NS(=O)(=O)CCCOCc2ccccc2)cn1. The van der Waals surface area contributed by atoms with Crippen LogP contribution in [-0.4, -0.2) is 37.6 Å². The van der Waals surface area contributed by atoms with Crippen LogP contribution in [0.5, 0.6) is 0 Å². The van der Waals surface area contributed by atoms with Crippen LogP contribution in [0.3, 0.4) is 0 Å². The minimum absolute atomic E-state index is 0.0154. The Hall–Kier alpha value is -2.78. The minimum Gasteiger partial charge on any atom is -0.459 e. The topological polar surface area (TPSA) is 112 Å². The number of hydrogen-bond donors (Lipinski definition) is 1. The van der Waals surface area contributed by atoms with Gasteiger partial charge in [0.2, 0.25) is 10.0 Å². The Morgan fingerprint density at radius 2 is 1.82 bits per heavy atom. The smallest absolute Gasteiger partial charge is 0.303 e. The zero-order chi connectivity index (χ0) is 20.4. The molecule has 0 atom stereocenters. The molecule has 2 rings (SSSR count). The molecule has 8 nitrogen and oxygen atoms in total. The second-order valence-corrected chi connectivity index (χ2v) is 7.80. The molecule has 0 bridgehead atoms. The van der Waals surface area contributed by atoms with Crippen molar-refractivity contribution in [3.63, 3.8) is 0 Å². The molecule has 9 heteroatoms. The van der Waals surface area contributed by atoms with Gasteiger partial charge in [0.05, 0.1) is 23.6 Å². The molecule has 0 fully saturated rings. The van der Waals surface area contributed by atoms with Gasteiger partial charge in [-0.25, -0.2) is 13.1 Å². The standard InChI is InChI=1S/C19H22N2O6S/c1-15(22)27-14-18-9-8-17(12-20-18)19(23)21-28(24,25)11-5-10-26-13-16-6-3-2-4-7-16/h2-4,6-9,12H,5,10-11,13-14H2,1H3,(H,21,23). The molecule has 0 saturated carbocycles. The maximum Gasteiger partial charge on any atom is 0.303 e. The van der Waals surface area contributed by atoms with Crippen molar-refractivity contribution in [1.29, 1.82) is 0 Å². The maximum atomic E-state index is 12.1. The molecule has 150 valence electrons. The number of benzene rings is 1. The van der Waals surface area contributed by atoms with Crippen molar-refractivity contribution in [2.45, 2.75) is 26.6 Å². The summed E-state index contributed by atoms with van der Waals surface area (Å²) in [5.74, 6) is -1.44. The fourth-order valence-corrected chi connectivity index (χ4v) is 3.19. The average molecular weight is 406 g/mol. The van der Waals surface area contributed by atoms with Crippen molar-refractivity contribution in [2.75, 3.05) is 12.4 Å². The van der Waals surface area contributed by atoms with Crippen molar-refractivity contribution < 1.29 is 27.5 Å². The normalized spacial score (nSPS) is 11.0. The van der Waals surface area contributed by atoms with E-state index in [9.17, 15) is 18.0 Å². The molecule has 28 heavy (non-hydrogen) atoms. The van der Waals surface area contributed by atoms with Crippen molar-refractivity contribution >= 4 is 21.9 Å². The van der Waals surface area contributed by atoms with Crippen LogP contribution in [0.2, 0.25) is 0 Å². The fraction of sp³-hybridized carbons (Fsp3) is 0.316. The van der Waals surface area contributed by atoms with E-state index in [1.165, 1.54) is 25.3 Å². The van der Waals surface area contributed by atoms with Gasteiger partial charge < -0.3 is 9.47 Å². The predicted octanol–water partition coefficient (Wildman–Crippen LogP) is 1.81. The van der Waals surface area contributed by atoms with Crippen LogP contribution < -0.4 is 4.72 Å². The van der Waals surface area contributed by atoms with E-state index in [-0.39, 0.29) is 31.0 Å². The zero-order valence-electron chi connectivity index (χ0n) is 15.5. The number of hydrogen-bond acceptors (Lipinski definition) is 7. The second kappa shape index (κ2) is 10.5. The van der Waals surface area contributed by atoms with Crippen LogP contribution in [0.25, 0.3) is 0 Å². The van der Waals surface area contributed by atoms with Crippen LogP contribution in [0.15, 0.2) is 48.7 Å². The summed E-state index contributed by atoms with van der Waals surface area (Å²) in [6, 6.07) is 12.4. The van der Waals surface area contributed by atoms with Gasteiger partial charge in [-0.2, -0.15) is 0 Å². The lowest BCUT2D eigenvalue weighted by Crippen LogP contribution is -2.33. The number of carbonyl (C=O) groups excluding carboxylic acids is 2. The van der Waals surface area contributed by atoms with Crippen LogP contribution >= 0.6 is 0 Å². The first kappa shape index (κ1) is 21.5. The highest BCUT2D eigenvalue weighted by Gasteiger charge is 2.16. The van der Waals surface area contributed by atoms with E-state index in [4.69, 9.17) is 9.47 Å². The van der Waals surface area contributed by atoms with Gasteiger partial charge in [-0.3, -0.25) is 14.6 Å². The highest BCUT2D eigenvalue weighted by molar-refractivity contribution is 7.90. The Kier molecular flexibility index (Phi) is 8.09. The second-order valence-electron chi connectivity index (χ2n) is 5.96. The number of nitrogens with zero attached hydrogens (tertiary/aromatic N) is 1. The van der Waals surface area contributed by atoms with Gasteiger partial charge in [0.15, 0.2) is 0 Å². The van der Waals surface area contributed by atoms with Gasteiger partial charge in [0.25, 0.3) is 5.91 Å². The van der Waals surface area contributed by atoms with E-state index in [0.29, 0.717) is 12.3 Å². The number of ether oxygens (including phenoxy) is 2. The van der Waals surface area contributed by atoms with E-state index in [2.05, 4.69) is 4.98 Å². The highest BCUT2D eigenvalue weighted by atomic mass is 32.2. The average Bonchev–Trinajstić information content (AvgIpc) is 2.67. The van der Waals surface area contributed by atoms with Crippen molar-refractivity contribution in [3.05, 3.63) is 65.5 Å². The summed E-state index contributed by atoms with van der Waals surface area (Å²) in [6.45, 7) is 1.92. The fourth-order valence-electron chi connectivity index (χ4n) is 2.19. The molecule has 1 amide bonds. The number of carbonyl (C=O) groups is 2. The third kappa shape index (κ3) is 7.85. The van der Waals surface area contributed by atoms with Gasteiger partial charge >= 0.3 is 5.97 Å². The zero-order valence-corrected chi connectivity index (χ0v) is 16.3. The molecule has 1 aromatic carbocycles. The van der Waals surface area contributed by atoms with E-state index in [0.717, 1.165) is 5.56 Å². The van der Waals surface area contributed by atoms with Crippen molar-refractivity contribution in [3.8, 4) is 0 Å². The third-order valence-corrected chi connectivity index (χ3v) is 4.89. The molecule has 0 aliphatic heterocycles. The number of nitrogens with one attached hydrogen (secondary N) is 1. The quantitative estimate of drug-likeness (QED) is 0.473. The third-order valence-electron chi connectivity index (χ3n) is 3.57. The molecule has 0 aliphatic rings. The molecule has 0 spiro atoms. The Labute approximate surface area is 163 Å². The summed E-state index contributed by atoms with van der Waals surface area (Å²) in [5.41, 5.74) is 1.55. The molecule has 1 aromatic heterocycles. The molecule has 2 aromatic rings. The number of sulfonamides is 1. The summed E-state index contributed by atoms with van der Waals surface area (Å²) in [5, 5.41) is 0. The Morgan fingerprint density at radius 3 is 2.46 bits per heavy atom. The van der Waals surface area contributed by atoms with E-state index >= 15 is 0 Å². The molecule has 0 unspecified atom stereocenters. The van der Waals surface area contributed by atoms with Gasteiger partial charge in [-0.15, -0.1) is 0 Å². The summed E-state index contributed by atoms with van der Waals surface area (Å²) in [6.07, 6.45) is 1.49. The number of esters is 1. The summed E-state index contributed by atoms with van der Waals surface area (Å²) < 4.78 is 36.3. The van der Waals surface area contributed by atoms with E-state index < -0.39 is 21.9 Å². The van der Waals surface area contributed by atoms with E-state index in [1.807, 2.05) is 35.1 Å². The minimum atomic E-state index is -3.78. The number of rotatable bonds is 10. The van der Waals surface area contributed by atoms with E-state index in [1.54, 1.807) is 0 Å². The molecule has 0 saturated heterocycles. The first-order valence-electron chi connectivity index (χ1n) is 8.60. The lowest BCUT2D eigenvalue weighted by atomic mass is 10.2. The van der Waals surface area contributed by atoms with Crippen molar-refractivity contribution in [1.82, 2.24) is 9.71 Å². The molecular weight excluding hydrogens is 384 g/mol. The number of amides is 1. The van der Waals surface area contributed by atoms with Gasteiger partial charge in [-0.05, 0) is 24.1 Å². The Balaban J connectivity index is 1.74. The first-order chi connectivity index (χ1) is 13.4. The van der Waals surface area contributed by atoms with Crippen LogP contribution in [0.1, 0.15) is 35.0 Å². The molecule has 1 heterocycles. The molecule has 0 radical (unpaired) electrons. The molecular formula is C19H22N2O6S. The van der Waals surface area contributed by atoms with Gasteiger partial charge in [0.1, 0.15) is 6.61 Å². The van der Waals surface area contributed by atoms with Crippen LogP contribution in [-0.2, 0) is 37.5 Å². The summed E-state index contributed by atoms with van der Waals surface area (Å²) >= 11 is 0. The largest absolute Gasteiger partial charge is 0.459 e. The highest BCUT2D eigenvalue weighted by Crippen LogP contribution is 2.04.